The number of rotatable bonds is 3. The van der Waals surface area contributed by atoms with E-state index in [2.05, 4.69) is 31.0 Å². The summed E-state index contributed by atoms with van der Waals surface area (Å²) in [5.41, 5.74) is 2.86. The highest BCUT2D eigenvalue weighted by Crippen LogP contribution is 2.65. The third kappa shape index (κ3) is 2.50. The highest BCUT2D eigenvalue weighted by molar-refractivity contribution is 5.72. The first-order valence-corrected chi connectivity index (χ1v) is 9.90. The van der Waals surface area contributed by atoms with Gasteiger partial charge in [0.15, 0.2) is 0 Å². The minimum absolute atomic E-state index is 0.129. The fourth-order valence-electron chi connectivity index (χ4n) is 6.57. The Balaban J connectivity index is 1.64. The van der Waals surface area contributed by atoms with Gasteiger partial charge in [-0.3, -0.25) is 4.98 Å². The molecule has 0 saturated heterocycles. The molecule has 2 saturated carbocycles. The second-order valence-corrected chi connectivity index (χ2v) is 9.00. The molecule has 0 radical (unpaired) electrons. The van der Waals surface area contributed by atoms with E-state index >= 15 is 0 Å². The Hall–Kier alpha value is -1.19. The van der Waals surface area contributed by atoms with Crippen LogP contribution in [-0.4, -0.2) is 27.9 Å². The van der Waals surface area contributed by atoms with E-state index in [1.807, 2.05) is 18.5 Å². The van der Waals surface area contributed by atoms with Crippen LogP contribution >= 0.6 is 0 Å². The number of aromatic nitrogens is 1. The Kier molecular flexibility index (Phi) is 4.28. The Morgan fingerprint density at radius 1 is 1.20 bits per heavy atom. The summed E-state index contributed by atoms with van der Waals surface area (Å²) in [6.07, 6.45) is 12.2. The number of fused-ring (bicyclic) bond motifs is 3. The summed E-state index contributed by atoms with van der Waals surface area (Å²) in [6, 6.07) is 4.23. The van der Waals surface area contributed by atoms with Crippen molar-refractivity contribution in [2.45, 2.75) is 58.5 Å². The molecular formula is C22H31NO2. The summed E-state index contributed by atoms with van der Waals surface area (Å²) in [6.45, 7) is 4.85. The molecule has 0 amide bonds. The van der Waals surface area contributed by atoms with E-state index in [4.69, 9.17) is 0 Å². The van der Waals surface area contributed by atoms with Gasteiger partial charge in [0.25, 0.3) is 0 Å². The van der Waals surface area contributed by atoms with E-state index in [1.54, 1.807) is 0 Å². The fraction of sp³-hybridized carbons (Fsp3) is 0.682. The van der Waals surface area contributed by atoms with Crippen LogP contribution in [0.15, 0.2) is 30.6 Å². The summed E-state index contributed by atoms with van der Waals surface area (Å²) < 4.78 is 0. The van der Waals surface area contributed by atoms with Crippen LogP contribution in [-0.2, 0) is 0 Å². The number of hydrogen-bond donors (Lipinski definition) is 2. The van der Waals surface area contributed by atoms with E-state index in [-0.39, 0.29) is 23.5 Å². The molecule has 1 heterocycles. The largest absolute Gasteiger partial charge is 0.396 e. The van der Waals surface area contributed by atoms with Crippen molar-refractivity contribution in [1.82, 2.24) is 4.98 Å². The zero-order valence-corrected chi connectivity index (χ0v) is 15.5. The minimum atomic E-state index is -0.266. The molecular weight excluding hydrogens is 310 g/mol. The van der Waals surface area contributed by atoms with E-state index in [9.17, 15) is 10.2 Å². The van der Waals surface area contributed by atoms with Gasteiger partial charge < -0.3 is 10.2 Å². The van der Waals surface area contributed by atoms with Crippen LogP contribution in [0.25, 0.3) is 5.57 Å². The van der Waals surface area contributed by atoms with Crippen molar-refractivity contribution in [3.63, 3.8) is 0 Å². The van der Waals surface area contributed by atoms with Crippen LogP contribution in [0.4, 0.5) is 0 Å². The van der Waals surface area contributed by atoms with Gasteiger partial charge in [-0.2, -0.15) is 0 Å². The Morgan fingerprint density at radius 3 is 2.76 bits per heavy atom. The van der Waals surface area contributed by atoms with Gasteiger partial charge in [0, 0.05) is 19.0 Å². The summed E-state index contributed by atoms with van der Waals surface area (Å²) in [4.78, 5) is 4.34. The number of allylic oxidation sites excluding steroid dienone is 2. The normalized spacial score (nSPS) is 43.3. The highest BCUT2D eigenvalue weighted by Gasteiger charge is 2.57. The zero-order valence-electron chi connectivity index (χ0n) is 15.5. The van der Waals surface area contributed by atoms with Crippen molar-refractivity contribution >= 4 is 5.57 Å². The molecule has 2 fully saturated rings. The molecule has 3 heteroatoms. The molecule has 136 valence electrons. The van der Waals surface area contributed by atoms with Gasteiger partial charge in [0.1, 0.15) is 0 Å². The monoisotopic (exact) mass is 341 g/mol. The molecule has 1 unspecified atom stereocenters. The van der Waals surface area contributed by atoms with Gasteiger partial charge >= 0.3 is 0 Å². The van der Waals surface area contributed by atoms with Gasteiger partial charge in [-0.25, -0.2) is 0 Å². The summed E-state index contributed by atoms with van der Waals surface area (Å²) >= 11 is 0. The Bertz CT molecular complexity index is 657. The topological polar surface area (TPSA) is 53.4 Å². The lowest BCUT2D eigenvalue weighted by atomic mass is 9.48. The highest BCUT2D eigenvalue weighted by atomic mass is 16.3. The maximum atomic E-state index is 10.7. The average Bonchev–Trinajstić information content (AvgIpc) is 2.96. The van der Waals surface area contributed by atoms with E-state index in [0.29, 0.717) is 17.8 Å². The van der Waals surface area contributed by atoms with Gasteiger partial charge in [0.05, 0.1) is 6.10 Å². The van der Waals surface area contributed by atoms with Crippen LogP contribution in [0.3, 0.4) is 0 Å². The first-order valence-electron chi connectivity index (χ1n) is 9.90. The van der Waals surface area contributed by atoms with Crippen LogP contribution in [0, 0.1) is 28.6 Å². The number of aliphatic hydroxyl groups excluding tert-OH is 2. The van der Waals surface area contributed by atoms with Crippen LogP contribution in [0.1, 0.15) is 57.9 Å². The number of nitrogens with zero attached hydrogens (tertiary/aromatic N) is 1. The Labute approximate surface area is 151 Å². The molecule has 0 bridgehead atoms. The van der Waals surface area contributed by atoms with E-state index < -0.39 is 0 Å². The van der Waals surface area contributed by atoms with Crippen molar-refractivity contribution in [3.05, 3.63) is 36.2 Å². The lowest BCUT2D eigenvalue weighted by molar-refractivity contribution is -0.123. The van der Waals surface area contributed by atoms with Gasteiger partial charge in [-0.05, 0) is 84.3 Å². The molecule has 1 aromatic rings. The molecule has 0 spiro atoms. The smallest absolute Gasteiger partial charge is 0.0597 e. The van der Waals surface area contributed by atoms with Gasteiger partial charge in [-0.1, -0.05) is 26.0 Å². The summed E-state index contributed by atoms with van der Waals surface area (Å²) in [7, 11) is 0. The predicted octanol–water partition coefficient (Wildman–Crippen LogP) is 4.06. The third-order valence-electron chi connectivity index (χ3n) is 8.02. The first kappa shape index (κ1) is 17.2. The molecule has 6 atom stereocenters. The number of hydrogen-bond acceptors (Lipinski definition) is 3. The quantitative estimate of drug-likeness (QED) is 0.872. The summed E-state index contributed by atoms with van der Waals surface area (Å²) in [5.74, 6) is 1.85. The second kappa shape index (κ2) is 6.21. The third-order valence-corrected chi connectivity index (χ3v) is 8.02. The molecule has 4 rings (SSSR count). The molecule has 3 aliphatic carbocycles. The molecule has 3 aliphatic rings. The van der Waals surface area contributed by atoms with Crippen molar-refractivity contribution in [3.8, 4) is 0 Å². The molecule has 0 aliphatic heterocycles. The van der Waals surface area contributed by atoms with Crippen molar-refractivity contribution in [2.75, 3.05) is 6.61 Å². The first-order chi connectivity index (χ1) is 12.0. The zero-order chi connectivity index (χ0) is 17.7. The van der Waals surface area contributed by atoms with Crippen molar-refractivity contribution in [2.24, 2.45) is 28.6 Å². The predicted molar refractivity (Wildman–Crippen MR) is 99.7 cm³/mol. The molecule has 3 nitrogen and oxygen atoms in total. The van der Waals surface area contributed by atoms with Crippen molar-refractivity contribution in [1.29, 1.82) is 0 Å². The Morgan fingerprint density at radius 2 is 2.04 bits per heavy atom. The molecule has 25 heavy (non-hydrogen) atoms. The maximum absolute atomic E-state index is 10.7. The van der Waals surface area contributed by atoms with Gasteiger partial charge in [-0.15, -0.1) is 0 Å². The SMILES string of the molecule is C[C@]1(CCO)C(O)CC[C@@H]2[C@@H]1CC[C@]1(C)C(c3cccnc3)=CC[C@@H]21. The summed E-state index contributed by atoms with van der Waals surface area (Å²) in [5, 5.41) is 20.3. The number of pyridine rings is 1. The standard InChI is InChI=1S/C22H31NO2/c1-21-10-9-19-16(5-8-20(25)22(19,2)11-13-24)18(21)7-6-17(21)15-4-3-12-23-14-15/h3-4,6,12,14,16,18-20,24-25H,5,7-11,13H2,1-2H3/t16-,18-,19-,20?,21+,22+/m0/s1. The fourth-order valence-corrected chi connectivity index (χ4v) is 6.57. The van der Waals surface area contributed by atoms with Gasteiger partial charge in [0.2, 0.25) is 0 Å². The number of aliphatic hydroxyl groups is 2. The molecule has 0 aromatic carbocycles. The minimum Gasteiger partial charge on any atom is -0.396 e. The molecule has 1 aromatic heterocycles. The second-order valence-electron chi connectivity index (χ2n) is 9.00. The van der Waals surface area contributed by atoms with E-state index in [1.165, 1.54) is 17.6 Å². The van der Waals surface area contributed by atoms with Crippen molar-refractivity contribution < 1.29 is 10.2 Å². The van der Waals surface area contributed by atoms with Crippen LogP contribution < -0.4 is 0 Å². The van der Waals surface area contributed by atoms with E-state index in [0.717, 1.165) is 32.1 Å². The lowest BCUT2D eigenvalue weighted by Gasteiger charge is -2.57. The average molecular weight is 341 g/mol. The maximum Gasteiger partial charge on any atom is 0.0597 e. The van der Waals surface area contributed by atoms with Crippen LogP contribution in [0.5, 0.6) is 0 Å². The lowest BCUT2D eigenvalue weighted by Crippen LogP contribution is -2.53. The van der Waals surface area contributed by atoms with Crippen LogP contribution in [0.2, 0.25) is 0 Å². The molecule has 2 N–H and O–H groups in total.